The number of nitrogens with two attached hydrogens (primary N) is 1. The van der Waals surface area contributed by atoms with Crippen LogP contribution in [0, 0.1) is 5.82 Å². The van der Waals surface area contributed by atoms with Crippen molar-refractivity contribution in [1.82, 2.24) is 15.6 Å². The van der Waals surface area contributed by atoms with Crippen LogP contribution in [0.15, 0.2) is 60.7 Å². The lowest BCUT2D eigenvalue weighted by Crippen LogP contribution is -2.54. The Morgan fingerprint density at radius 2 is 1.65 bits per heavy atom. The molecular weight excluding hydrogens is 399 g/mol. The van der Waals surface area contributed by atoms with E-state index in [0.717, 1.165) is 10.9 Å². The van der Waals surface area contributed by atoms with Gasteiger partial charge in [0.05, 0.1) is 5.52 Å². The first kappa shape index (κ1) is 21.9. The molecule has 1 aromatic heterocycles. The molecule has 8 heteroatoms. The van der Waals surface area contributed by atoms with Crippen LogP contribution < -0.4 is 16.4 Å². The van der Waals surface area contributed by atoms with Crippen molar-refractivity contribution in [2.45, 2.75) is 31.8 Å². The highest BCUT2D eigenvalue weighted by Gasteiger charge is 2.26. The average Bonchev–Trinajstić information content (AvgIpc) is 2.73. The topological polar surface area (TPSA) is 114 Å². The van der Waals surface area contributed by atoms with Crippen molar-refractivity contribution in [3.8, 4) is 0 Å². The Morgan fingerprint density at radius 3 is 2.35 bits per heavy atom. The molecule has 0 fully saturated rings. The molecule has 3 amide bonds. The van der Waals surface area contributed by atoms with E-state index in [0.29, 0.717) is 5.69 Å². The number of primary amides is 1. The molecule has 0 spiro atoms. The number of nitrogens with zero attached hydrogens (tertiary/aromatic N) is 1. The van der Waals surface area contributed by atoms with Crippen LogP contribution in [0.25, 0.3) is 10.9 Å². The molecule has 0 bridgehead atoms. The van der Waals surface area contributed by atoms with E-state index in [9.17, 15) is 18.8 Å². The number of hydrogen-bond acceptors (Lipinski definition) is 4. The Hall–Kier alpha value is -3.81. The molecule has 0 saturated heterocycles. The first-order valence-corrected chi connectivity index (χ1v) is 9.78. The zero-order chi connectivity index (χ0) is 22.4. The van der Waals surface area contributed by atoms with Gasteiger partial charge in [0.1, 0.15) is 17.9 Å². The van der Waals surface area contributed by atoms with Gasteiger partial charge in [-0.3, -0.25) is 19.4 Å². The number of fused-ring (bicyclic) bond motifs is 1. The van der Waals surface area contributed by atoms with Crippen molar-refractivity contribution in [1.29, 1.82) is 0 Å². The van der Waals surface area contributed by atoms with Crippen molar-refractivity contribution in [3.05, 3.63) is 77.7 Å². The van der Waals surface area contributed by atoms with Crippen molar-refractivity contribution in [3.63, 3.8) is 0 Å². The molecule has 1 heterocycles. The fraction of sp³-hybridized carbons (Fsp3) is 0.217. The number of para-hydroxylation sites is 1. The summed E-state index contributed by atoms with van der Waals surface area (Å²) in [4.78, 5) is 40.9. The largest absolute Gasteiger partial charge is 0.368 e. The zero-order valence-electron chi connectivity index (χ0n) is 17.0. The maximum absolute atomic E-state index is 14.0. The number of nitrogens with one attached hydrogen (secondary N) is 2. The number of benzene rings is 2. The van der Waals surface area contributed by atoms with Gasteiger partial charge in [0.25, 0.3) is 0 Å². The molecule has 3 rings (SSSR count). The number of carbonyl (C=O) groups excluding carboxylic acids is 3. The van der Waals surface area contributed by atoms with Gasteiger partial charge in [0, 0.05) is 30.8 Å². The fourth-order valence-corrected chi connectivity index (χ4v) is 3.26. The summed E-state index contributed by atoms with van der Waals surface area (Å²) in [6.07, 6.45) is 0.0101. The van der Waals surface area contributed by atoms with Crippen LogP contribution in [0.3, 0.4) is 0 Å². The molecule has 160 valence electrons. The van der Waals surface area contributed by atoms with Crippen molar-refractivity contribution >= 4 is 28.6 Å². The van der Waals surface area contributed by atoms with Gasteiger partial charge >= 0.3 is 0 Å². The van der Waals surface area contributed by atoms with Crippen molar-refractivity contribution in [2.75, 3.05) is 0 Å². The standard InChI is InChI=1S/C23H23FN4O3/c1-14(29)26-21(12-16-7-2-4-8-18(16)24)23(31)28-20(22(25)30)13-17-11-10-15-6-3-5-9-19(15)27-17/h2-11,20-21H,12-13H2,1H3,(H2,25,30)(H,26,29)(H,28,31)/t20-,21+/m0/s1. The molecule has 2 atom stereocenters. The van der Waals surface area contributed by atoms with E-state index in [2.05, 4.69) is 15.6 Å². The maximum atomic E-state index is 14.0. The minimum atomic E-state index is -1.07. The van der Waals surface area contributed by atoms with Gasteiger partial charge in [-0.05, 0) is 23.8 Å². The minimum Gasteiger partial charge on any atom is -0.368 e. The minimum absolute atomic E-state index is 0.0716. The molecule has 4 N–H and O–H groups in total. The second-order valence-electron chi connectivity index (χ2n) is 7.21. The number of aromatic nitrogens is 1. The molecule has 31 heavy (non-hydrogen) atoms. The van der Waals surface area contributed by atoms with Crippen molar-refractivity contribution in [2.24, 2.45) is 5.73 Å². The first-order valence-electron chi connectivity index (χ1n) is 9.78. The third kappa shape index (κ3) is 5.85. The zero-order valence-corrected chi connectivity index (χ0v) is 17.0. The summed E-state index contributed by atoms with van der Waals surface area (Å²) in [5.74, 6) is -2.32. The maximum Gasteiger partial charge on any atom is 0.243 e. The third-order valence-corrected chi connectivity index (χ3v) is 4.81. The molecular formula is C23H23FN4O3. The van der Waals surface area contributed by atoms with Gasteiger partial charge in [-0.1, -0.05) is 42.5 Å². The van der Waals surface area contributed by atoms with E-state index in [1.165, 1.54) is 25.1 Å². The second kappa shape index (κ2) is 9.80. The lowest BCUT2D eigenvalue weighted by atomic mass is 10.0. The Labute approximate surface area is 178 Å². The smallest absolute Gasteiger partial charge is 0.243 e. The van der Waals surface area contributed by atoms with E-state index in [1.54, 1.807) is 12.1 Å². The summed E-state index contributed by atoms with van der Waals surface area (Å²) in [5.41, 5.74) is 7.09. The molecule has 0 radical (unpaired) electrons. The second-order valence-corrected chi connectivity index (χ2v) is 7.21. The van der Waals surface area contributed by atoms with E-state index in [1.807, 2.05) is 30.3 Å². The van der Waals surface area contributed by atoms with Crippen LogP contribution in [0.5, 0.6) is 0 Å². The Bertz CT molecular complexity index is 1120. The van der Waals surface area contributed by atoms with Crippen LogP contribution in [0.1, 0.15) is 18.2 Å². The highest BCUT2D eigenvalue weighted by Crippen LogP contribution is 2.13. The lowest BCUT2D eigenvalue weighted by Gasteiger charge is -2.22. The molecule has 0 saturated carbocycles. The van der Waals surface area contributed by atoms with Crippen molar-refractivity contribution < 1.29 is 18.8 Å². The molecule has 7 nitrogen and oxygen atoms in total. The first-order chi connectivity index (χ1) is 14.8. The lowest BCUT2D eigenvalue weighted by molar-refractivity contribution is -0.130. The summed E-state index contributed by atoms with van der Waals surface area (Å²) < 4.78 is 14.0. The Kier molecular flexibility index (Phi) is 6.92. The average molecular weight is 422 g/mol. The van der Waals surface area contributed by atoms with Gasteiger partial charge in [-0.2, -0.15) is 0 Å². The molecule has 3 aromatic rings. The molecule has 0 aliphatic carbocycles. The Balaban J connectivity index is 1.76. The predicted octanol–water partition coefficient (Wildman–Crippen LogP) is 1.63. The van der Waals surface area contributed by atoms with Gasteiger partial charge in [0.2, 0.25) is 17.7 Å². The normalized spacial score (nSPS) is 12.7. The molecule has 0 aliphatic rings. The number of halogens is 1. The fourth-order valence-electron chi connectivity index (χ4n) is 3.26. The third-order valence-electron chi connectivity index (χ3n) is 4.81. The number of amides is 3. The molecule has 0 aliphatic heterocycles. The van der Waals surface area contributed by atoms with Crippen LogP contribution >= 0.6 is 0 Å². The van der Waals surface area contributed by atoms with Crippen LogP contribution in [0.2, 0.25) is 0 Å². The van der Waals surface area contributed by atoms with E-state index < -0.39 is 35.6 Å². The van der Waals surface area contributed by atoms with Crippen LogP contribution in [-0.2, 0) is 27.2 Å². The summed E-state index contributed by atoms with van der Waals surface area (Å²) in [7, 11) is 0. The van der Waals surface area contributed by atoms with E-state index >= 15 is 0 Å². The molecule has 0 unspecified atom stereocenters. The highest BCUT2D eigenvalue weighted by atomic mass is 19.1. The SMILES string of the molecule is CC(=O)N[C@H](Cc1ccccc1F)C(=O)N[C@@H](Cc1ccc2ccccc2n1)C(N)=O. The molecule has 2 aromatic carbocycles. The quantitative estimate of drug-likeness (QED) is 0.512. The summed E-state index contributed by atoms with van der Waals surface area (Å²) in [6, 6.07) is 15.0. The summed E-state index contributed by atoms with van der Waals surface area (Å²) in [6.45, 7) is 1.26. The summed E-state index contributed by atoms with van der Waals surface area (Å²) in [5, 5.41) is 6.02. The number of rotatable bonds is 8. The number of carbonyl (C=O) groups is 3. The highest BCUT2D eigenvalue weighted by molar-refractivity contribution is 5.91. The van der Waals surface area contributed by atoms with Gasteiger partial charge in [-0.15, -0.1) is 0 Å². The summed E-state index contributed by atoms with van der Waals surface area (Å²) >= 11 is 0. The number of pyridine rings is 1. The van der Waals surface area contributed by atoms with Gasteiger partial charge < -0.3 is 16.4 Å². The van der Waals surface area contributed by atoms with Gasteiger partial charge in [-0.25, -0.2) is 4.39 Å². The predicted molar refractivity (Wildman–Crippen MR) is 114 cm³/mol. The van der Waals surface area contributed by atoms with Gasteiger partial charge in [0.15, 0.2) is 0 Å². The van der Waals surface area contributed by atoms with Crippen LogP contribution in [0.4, 0.5) is 4.39 Å². The monoisotopic (exact) mass is 422 g/mol. The Morgan fingerprint density at radius 1 is 0.935 bits per heavy atom. The van der Waals surface area contributed by atoms with E-state index in [4.69, 9.17) is 5.73 Å². The number of hydrogen-bond donors (Lipinski definition) is 3. The van der Waals surface area contributed by atoms with Crippen LogP contribution in [-0.4, -0.2) is 34.8 Å². The van der Waals surface area contributed by atoms with E-state index in [-0.39, 0.29) is 18.4 Å².